The minimum absolute atomic E-state index is 0.268. The molecule has 1 aromatic carbocycles. The predicted molar refractivity (Wildman–Crippen MR) is 85.4 cm³/mol. The number of hydrogen-bond acceptors (Lipinski definition) is 4. The van der Waals surface area contributed by atoms with Crippen molar-refractivity contribution in [1.29, 1.82) is 0 Å². The normalized spacial score (nSPS) is 18.0. The Hall–Kier alpha value is -1.59. The van der Waals surface area contributed by atoms with E-state index >= 15 is 0 Å². The standard InChI is InChI=1S/C15H20ClN5/c1-10(17)11-6-8-21(9-7-11)15-18-14(19-20-15)12-2-4-13(16)5-3-12/h2-5,10-11H,6-9,17H2,1H3,(H,18,19,20). The Morgan fingerprint density at radius 1 is 1.29 bits per heavy atom. The number of nitrogens with two attached hydrogens (primary N) is 1. The molecule has 0 aliphatic carbocycles. The molecule has 1 aliphatic heterocycles. The second-order valence-electron chi connectivity index (χ2n) is 5.67. The van der Waals surface area contributed by atoms with E-state index < -0.39 is 0 Å². The number of aromatic amines is 1. The van der Waals surface area contributed by atoms with Crippen LogP contribution in [0.15, 0.2) is 24.3 Å². The van der Waals surface area contributed by atoms with E-state index in [1.54, 1.807) is 0 Å². The van der Waals surface area contributed by atoms with Gasteiger partial charge in [0.05, 0.1) is 0 Å². The summed E-state index contributed by atoms with van der Waals surface area (Å²) < 4.78 is 0. The Morgan fingerprint density at radius 3 is 2.57 bits per heavy atom. The highest BCUT2D eigenvalue weighted by molar-refractivity contribution is 6.30. The molecule has 3 N–H and O–H groups in total. The summed E-state index contributed by atoms with van der Waals surface area (Å²) in [4.78, 5) is 6.81. The van der Waals surface area contributed by atoms with Crippen LogP contribution in [0.1, 0.15) is 19.8 Å². The first kappa shape index (κ1) is 14.4. The van der Waals surface area contributed by atoms with Crippen molar-refractivity contribution < 1.29 is 0 Å². The summed E-state index contributed by atoms with van der Waals surface area (Å²) in [5, 5.41) is 8.06. The van der Waals surface area contributed by atoms with Crippen molar-refractivity contribution in [1.82, 2.24) is 15.2 Å². The molecule has 1 saturated heterocycles. The fourth-order valence-corrected chi connectivity index (χ4v) is 2.88. The van der Waals surface area contributed by atoms with Crippen molar-refractivity contribution in [3.05, 3.63) is 29.3 Å². The number of piperidine rings is 1. The molecule has 112 valence electrons. The number of aromatic nitrogens is 3. The molecule has 1 unspecified atom stereocenters. The van der Waals surface area contributed by atoms with E-state index in [2.05, 4.69) is 27.0 Å². The minimum atomic E-state index is 0.268. The highest BCUT2D eigenvalue weighted by Crippen LogP contribution is 2.24. The van der Waals surface area contributed by atoms with Crippen molar-refractivity contribution >= 4 is 17.5 Å². The van der Waals surface area contributed by atoms with Crippen LogP contribution in [-0.2, 0) is 0 Å². The van der Waals surface area contributed by atoms with Gasteiger partial charge in [-0.05, 0) is 49.9 Å². The number of halogens is 1. The average molecular weight is 306 g/mol. The van der Waals surface area contributed by atoms with Gasteiger partial charge in [0.2, 0.25) is 5.95 Å². The summed E-state index contributed by atoms with van der Waals surface area (Å²) in [5.74, 6) is 2.15. The number of nitrogens with zero attached hydrogens (tertiary/aromatic N) is 3. The Labute approximate surface area is 129 Å². The van der Waals surface area contributed by atoms with Crippen molar-refractivity contribution in [2.24, 2.45) is 11.7 Å². The van der Waals surface area contributed by atoms with E-state index in [1.165, 1.54) is 0 Å². The van der Waals surface area contributed by atoms with Crippen molar-refractivity contribution in [2.75, 3.05) is 18.0 Å². The van der Waals surface area contributed by atoms with Gasteiger partial charge >= 0.3 is 0 Å². The number of nitrogens with one attached hydrogen (secondary N) is 1. The van der Waals surface area contributed by atoms with Gasteiger partial charge in [-0.1, -0.05) is 11.6 Å². The Kier molecular flexibility index (Phi) is 4.12. The van der Waals surface area contributed by atoms with Crippen LogP contribution in [0.2, 0.25) is 5.02 Å². The van der Waals surface area contributed by atoms with Gasteiger partial charge in [0.15, 0.2) is 5.82 Å². The van der Waals surface area contributed by atoms with Gasteiger partial charge in [-0.25, -0.2) is 0 Å². The average Bonchev–Trinajstić information content (AvgIpc) is 2.98. The molecule has 0 saturated carbocycles. The SMILES string of the molecule is CC(N)C1CCN(c2n[nH]c(-c3ccc(Cl)cc3)n2)CC1. The van der Waals surface area contributed by atoms with Crippen molar-refractivity contribution in [3.63, 3.8) is 0 Å². The van der Waals surface area contributed by atoms with Crippen LogP contribution in [0.25, 0.3) is 11.4 Å². The van der Waals surface area contributed by atoms with Gasteiger partial charge in [0.25, 0.3) is 0 Å². The van der Waals surface area contributed by atoms with Crippen LogP contribution in [0, 0.1) is 5.92 Å². The monoisotopic (exact) mass is 305 g/mol. The number of anilines is 1. The van der Waals surface area contributed by atoms with E-state index in [0.717, 1.165) is 48.3 Å². The lowest BCUT2D eigenvalue weighted by atomic mass is 9.91. The lowest BCUT2D eigenvalue weighted by molar-refractivity contribution is 0.352. The summed E-state index contributed by atoms with van der Waals surface area (Å²) in [5.41, 5.74) is 6.97. The summed E-state index contributed by atoms with van der Waals surface area (Å²) in [6, 6.07) is 7.86. The largest absolute Gasteiger partial charge is 0.340 e. The zero-order valence-electron chi connectivity index (χ0n) is 12.1. The molecular weight excluding hydrogens is 286 g/mol. The Morgan fingerprint density at radius 2 is 1.95 bits per heavy atom. The third kappa shape index (κ3) is 3.19. The highest BCUT2D eigenvalue weighted by Gasteiger charge is 2.24. The fraction of sp³-hybridized carbons (Fsp3) is 0.467. The molecule has 0 spiro atoms. The Balaban J connectivity index is 1.70. The third-order valence-electron chi connectivity index (χ3n) is 4.16. The zero-order valence-corrected chi connectivity index (χ0v) is 12.8. The van der Waals surface area contributed by atoms with Gasteiger partial charge in [-0.3, -0.25) is 5.10 Å². The zero-order chi connectivity index (χ0) is 14.8. The smallest absolute Gasteiger partial charge is 0.245 e. The summed E-state index contributed by atoms with van der Waals surface area (Å²) in [7, 11) is 0. The molecule has 5 nitrogen and oxygen atoms in total. The van der Waals surface area contributed by atoms with Crippen LogP contribution in [0.4, 0.5) is 5.95 Å². The van der Waals surface area contributed by atoms with E-state index in [4.69, 9.17) is 17.3 Å². The molecule has 0 amide bonds. The number of rotatable bonds is 3. The number of H-pyrrole nitrogens is 1. The summed E-state index contributed by atoms with van der Waals surface area (Å²) in [6.45, 7) is 4.01. The first-order valence-corrected chi connectivity index (χ1v) is 7.70. The van der Waals surface area contributed by atoms with Gasteiger partial charge in [-0.15, -0.1) is 5.10 Å². The maximum absolute atomic E-state index is 5.98. The van der Waals surface area contributed by atoms with Gasteiger partial charge in [-0.2, -0.15) is 4.98 Å². The van der Waals surface area contributed by atoms with E-state index in [0.29, 0.717) is 5.92 Å². The number of benzene rings is 1. The molecule has 1 aliphatic rings. The van der Waals surface area contributed by atoms with Crippen LogP contribution in [-0.4, -0.2) is 34.3 Å². The molecular formula is C15H20ClN5. The molecule has 0 radical (unpaired) electrons. The topological polar surface area (TPSA) is 70.8 Å². The molecule has 1 atom stereocenters. The predicted octanol–water partition coefficient (Wildman–Crippen LogP) is 2.69. The molecule has 0 bridgehead atoms. The fourth-order valence-electron chi connectivity index (χ4n) is 2.76. The van der Waals surface area contributed by atoms with E-state index in [1.807, 2.05) is 24.3 Å². The van der Waals surface area contributed by atoms with E-state index in [-0.39, 0.29) is 6.04 Å². The molecule has 21 heavy (non-hydrogen) atoms. The van der Waals surface area contributed by atoms with Gasteiger partial charge < -0.3 is 10.6 Å². The summed E-state index contributed by atoms with van der Waals surface area (Å²) in [6.07, 6.45) is 2.20. The van der Waals surface area contributed by atoms with Crippen LogP contribution >= 0.6 is 11.6 Å². The minimum Gasteiger partial charge on any atom is -0.340 e. The first-order chi connectivity index (χ1) is 10.1. The quantitative estimate of drug-likeness (QED) is 0.914. The lowest BCUT2D eigenvalue weighted by Crippen LogP contribution is -2.40. The lowest BCUT2D eigenvalue weighted by Gasteiger charge is -2.32. The molecule has 1 fully saturated rings. The van der Waals surface area contributed by atoms with Crippen molar-refractivity contribution in [2.45, 2.75) is 25.8 Å². The van der Waals surface area contributed by atoms with Crippen molar-refractivity contribution in [3.8, 4) is 11.4 Å². The first-order valence-electron chi connectivity index (χ1n) is 7.32. The maximum Gasteiger partial charge on any atom is 0.245 e. The second-order valence-corrected chi connectivity index (χ2v) is 6.11. The molecule has 3 rings (SSSR count). The van der Waals surface area contributed by atoms with Crippen LogP contribution in [0.5, 0.6) is 0 Å². The van der Waals surface area contributed by atoms with Gasteiger partial charge in [0, 0.05) is 29.7 Å². The highest BCUT2D eigenvalue weighted by atomic mass is 35.5. The molecule has 1 aromatic heterocycles. The second kappa shape index (κ2) is 6.03. The Bertz CT molecular complexity index is 584. The van der Waals surface area contributed by atoms with Gasteiger partial charge in [0.1, 0.15) is 0 Å². The summed E-state index contributed by atoms with van der Waals surface area (Å²) >= 11 is 5.90. The molecule has 6 heteroatoms. The third-order valence-corrected chi connectivity index (χ3v) is 4.41. The molecule has 2 heterocycles. The maximum atomic E-state index is 5.98. The van der Waals surface area contributed by atoms with Crippen LogP contribution < -0.4 is 10.6 Å². The van der Waals surface area contributed by atoms with E-state index in [9.17, 15) is 0 Å². The number of hydrogen-bond donors (Lipinski definition) is 2. The molecule has 2 aromatic rings. The van der Waals surface area contributed by atoms with Crippen LogP contribution in [0.3, 0.4) is 0 Å².